The number of alkyl carbamates (subject to hydrolysis) is 1. The zero-order valence-electron chi connectivity index (χ0n) is 19.3. The minimum Gasteiger partial charge on any atom is -0.508 e. The number of carbonyl (C=O) groups excluding carboxylic acids is 5. The molecular formula is C22H28N4O8. The zero-order valence-corrected chi connectivity index (χ0v) is 19.3. The lowest BCUT2D eigenvalue weighted by Crippen LogP contribution is -2.52. The molecule has 2 atom stereocenters. The van der Waals surface area contributed by atoms with Crippen LogP contribution in [0.15, 0.2) is 24.3 Å². The predicted molar refractivity (Wildman–Crippen MR) is 119 cm³/mol. The fourth-order valence-electron chi connectivity index (χ4n) is 2.69. The number of methoxy groups -OCH3 is 1. The SMILES string of the molecule is C#CN(C(=O)C(CC(N)=O)NC(=O)OC(C)(C)C)C(C(=O)NCC(=O)OC)c1ccc(O)cc1. The molecule has 4 amide bonds. The van der Waals surface area contributed by atoms with Crippen LogP contribution in [0.25, 0.3) is 0 Å². The molecule has 0 saturated heterocycles. The summed E-state index contributed by atoms with van der Waals surface area (Å²) in [6, 6.07) is 4.20. The molecule has 184 valence electrons. The molecule has 0 aliphatic carbocycles. The molecule has 0 radical (unpaired) electrons. The van der Waals surface area contributed by atoms with Crippen molar-refractivity contribution in [3.8, 4) is 18.2 Å². The lowest BCUT2D eigenvalue weighted by molar-refractivity contribution is -0.143. The number of nitrogens with one attached hydrogen (secondary N) is 2. The number of terminal acetylenes is 1. The van der Waals surface area contributed by atoms with Gasteiger partial charge in [0.1, 0.15) is 30.0 Å². The van der Waals surface area contributed by atoms with Gasteiger partial charge in [-0.3, -0.25) is 24.1 Å². The number of ether oxygens (including phenoxy) is 2. The van der Waals surface area contributed by atoms with Crippen LogP contribution >= 0.6 is 0 Å². The van der Waals surface area contributed by atoms with Crippen molar-refractivity contribution in [1.29, 1.82) is 0 Å². The Balaban J connectivity index is 3.34. The summed E-state index contributed by atoms with van der Waals surface area (Å²) in [6.07, 6.45) is 3.89. The van der Waals surface area contributed by atoms with E-state index in [9.17, 15) is 29.1 Å². The molecule has 0 aliphatic rings. The molecule has 1 aromatic rings. The van der Waals surface area contributed by atoms with Crippen LogP contribution in [0.5, 0.6) is 5.75 Å². The number of nitrogens with zero attached hydrogens (tertiary/aromatic N) is 1. The van der Waals surface area contributed by atoms with E-state index in [4.69, 9.17) is 16.9 Å². The van der Waals surface area contributed by atoms with E-state index in [1.54, 1.807) is 20.8 Å². The standard InChI is InChI=1S/C22H28N4O8/c1-6-26(20(31)15(11-16(23)28)25-21(32)34-22(2,3)4)18(13-7-9-14(27)10-8-13)19(30)24-12-17(29)33-5/h1,7-10,15,18,27H,11-12H2,2-5H3,(H2,23,28)(H,24,30)(H,25,32). The zero-order chi connectivity index (χ0) is 26.1. The first-order valence-corrected chi connectivity index (χ1v) is 9.99. The molecule has 1 rings (SSSR count). The highest BCUT2D eigenvalue weighted by Gasteiger charge is 2.36. The number of primary amides is 1. The summed E-state index contributed by atoms with van der Waals surface area (Å²) < 4.78 is 9.59. The number of benzene rings is 1. The normalized spacial score (nSPS) is 12.3. The molecule has 0 spiro atoms. The number of rotatable bonds is 9. The van der Waals surface area contributed by atoms with Gasteiger partial charge in [-0.05, 0) is 38.5 Å². The van der Waals surface area contributed by atoms with Crippen molar-refractivity contribution < 1.29 is 38.6 Å². The van der Waals surface area contributed by atoms with E-state index in [0.717, 1.165) is 7.11 Å². The van der Waals surface area contributed by atoms with E-state index >= 15 is 0 Å². The lowest BCUT2D eigenvalue weighted by Gasteiger charge is -2.30. The highest BCUT2D eigenvalue weighted by molar-refractivity contribution is 5.96. The minimum absolute atomic E-state index is 0.116. The molecule has 2 unspecified atom stereocenters. The molecule has 0 bridgehead atoms. The monoisotopic (exact) mass is 476 g/mol. The number of hydrogen-bond acceptors (Lipinski definition) is 8. The number of nitrogens with two attached hydrogens (primary N) is 1. The van der Waals surface area contributed by atoms with Crippen LogP contribution in [0, 0.1) is 12.5 Å². The number of phenols is 1. The number of carbonyl (C=O) groups is 5. The van der Waals surface area contributed by atoms with Crippen molar-refractivity contribution in [2.24, 2.45) is 5.73 Å². The summed E-state index contributed by atoms with van der Waals surface area (Å²) in [5.41, 5.74) is 4.49. The third-order valence-corrected chi connectivity index (χ3v) is 4.12. The van der Waals surface area contributed by atoms with E-state index in [1.165, 1.54) is 24.3 Å². The fourth-order valence-corrected chi connectivity index (χ4v) is 2.69. The number of aromatic hydroxyl groups is 1. The second kappa shape index (κ2) is 12.1. The summed E-state index contributed by atoms with van der Waals surface area (Å²) in [5.74, 6) is -3.68. The average Bonchev–Trinajstić information content (AvgIpc) is 2.73. The molecule has 12 nitrogen and oxygen atoms in total. The largest absolute Gasteiger partial charge is 0.508 e. The Hall–Kier alpha value is -4.27. The van der Waals surface area contributed by atoms with E-state index < -0.39 is 60.4 Å². The molecule has 0 heterocycles. The van der Waals surface area contributed by atoms with Crippen molar-refractivity contribution in [2.75, 3.05) is 13.7 Å². The maximum atomic E-state index is 13.3. The number of hydrogen-bond donors (Lipinski definition) is 4. The summed E-state index contributed by atoms with van der Waals surface area (Å²) in [7, 11) is 1.12. The van der Waals surface area contributed by atoms with Gasteiger partial charge in [0.25, 0.3) is 5.91 Å². The first-order valence-electron chi connectivity index (χ1n) is 9.99. The first kappa shape index (κ1) is 27.8. The minimum atomic E-state index is -1.56. The van der Waals surface area contributed by atoms with Crippen LogP contribution in [-0.2, 0) is 28.7 Å². The second-order valence-corrected chi connectivity index (χ2v) is 7.99. The highest BCUT2D eigenvalue weighted by Crippen LogP contribution is 2.24. The molecule has 34 heavy (non-hydrogen) atoms. The van der Waals surface area contributed by atoms with Gasteiger partial charge in [-0.2, -0.15) is 0 Å². The van der Waals surface area contributed by atoms with Crippen LogP contribution in [0.2, 0.25) is 0 Å². The average molecular weight is 476 g/mol. The maximum Gasteiger partial charge on any atom is 0.408 e. The van der Waals surface area contributed by atoms with Crippen molar-refractivity contribution in [2.45, 2.75) is 44.9 Å². The Labute approximate surface area is 196 Å². The van der Waals surface area contributed by atoms with Crippen LogP contribution in [0.4, 0.5) is 4.79 Å². The first-order chi connectivity index (χ1) is 15.8. The molecule has 0 aromatic heterocycles. The summed E-state index contributed by atoms with van der Waals surface area (Å²) >= 11 is 0. The Kier molecular flexibility index (Phi) is 9.88. The third kappa shape index (κ3) is 8.70. The molecule has 12 heteroatoms. The van der Waals surface area contributed by atoms with Crippen molar-refractivity contribution in [3.05, 3.63) is 29.8 Å². The Bertz CT molecular complexity index is 963. The van der Waals surface area contributed by atoms with Crippen LogP contribution in [0.1, 0.15) is 38.8 Å². The van der Waals surface area contributed by atoms with Crippen LogP contribution < -0.4 is 16.4 Å². The van der Waals surface area contributed by atoms with Crippen molar-refractivity contribution >= 4 is 29.8 Å². The summed E-state index contributed by atoms with van der Waals surface area (Å²) in [6.45, 7) is 4.27. The molecule has 5 N–H and O–H groups in total. The third-order valence-electron chi connectivity index (χ3n) is 4.12. The number of amides is 4. The van der Waals surface area contributed by atoms with Gasteiger partial charge in [0.15, 0.2) is 0 Å². The van der Waals surface area contributed by atoms with Gasteiger partial charge >= 0.3 is 12.1 Å². The van der Waals surface area contributed by atoms with Gasteiger partial charge < -0.3 is 30.9 Å². The topological polar surface area (TPSA) is 177 Å². The molecular weight excluding hydrogens is 448 g/mol. The van der Waals surface area contributed by atoms with Gasteiger partial charge in [0.2, 0.25) is 11.8 Å². The van der Waals surface area contributed by atoms with E-state index in [-0.39, 0.29) is 11.3 Å². The molecule has 0 fully saturated rings. The Morgan fingerprint density at radius 1 is 1.18 bits per heavy atom. The smallest absolute Gasteiger partial charge is 0.408 e. The van der Waals surface area contributed by atoms with E-state index in [1.807, 2.05) is 0 Å². The van der Waals surface area contributed by atoms with Crippen molar-refractivity contribution in [1.82, 2.24) is 15.5 Å². The molecule has 0 aliphatic heterocycles. The number of esters is 1. The lowest BCUT2D eigenvalue weighted by atomic mass is 10.0. The van der Waals surface area contributed by atoms with E-state index in [0.29, 0.717) is 4.90 Å². The number of phenolic OH excluding ortho intramolecular Hbond substituents is 1. The highest BCUT2D eigenvalue weighted by atomic mass is 16.6. The quantitative estimate of drug-likeness (QED) is 0.217. The van der Waals surface area contributed by atoms with Gasteiger partial charge in [-0.25, -0.2) is 4.79 Å². The summed E-state index contributed by atoms with van der Waals surface area (Å²) in [4.78, 5) is 62.1. The van der Waals surface area contributed by atoms with Gasteiger partial charge in [0, 0.05) is 6.04 Å². The Morgan fingerprint density at radius 2 is 1.76 bits per heavy atom. The molecule has 0 saturated carbocycles. The molecule has 1 aromatic carbocycles. The van der Waals surface area contributed by atoms with E-state index in [2.05, 4.69) is 21.4 Å². The summed E-state index contributed by atoms with van der Waals surface area (Å²) in [5, 5.41) is 14.1. The maximum absolute atomic E-state index is 13.3. The van der Waals surface area contributed by atoms with Gasteiger partial charge in [0.05, 0.1) is 13.5 Å². The second-order valence-electron chi connectivity index (χ2n) is 7.99. The van der Waals surface area contributed by atoms with Crippen molar-refractivity contribution in [3.63, 3.8) is 0 Å². The van der Waals surface area contributed by atoms with Crippen LogP contribution in [0.3, 0.4) is 0 Å². The van der Waals surface area contributed by atoms with Gasteiger partial charge in [-0.1, -0.05) is 18.6 Å². The Morgan fingerprint density at radius 3 is 2.24 bits per heavy atom. The predicted octanol–water partition coefficient (Wildman–Crippen LogP) is -0.0895. The fraction of sp³-hybridized carbons (Fsp3) is 0.409. The van der Waals surface area contributed by atoms with Gasteiger partial charge in [-0.15, -0.1) is 0 Å². The van der Waals surface area contributed by atoms with Crippen LogP contribution in [-0.4, -0.2) is 65.1 Å².